The molecule has 3 heterocycles. The van der Waals surface area contributed by atoms with E-state index in [9.17, 15) is 4.79 Å². The van der Waals surface area contributed by atoms with Crippen LogP contribution in [0.3, 0.4) is 0 Å². The molecule has 0 atom stereocenters. The Hall–Kier alpha value is -1.53. The molecule has 0 bridgehead atoms. The number of nitrogens with zero attached hydrogens (tertiary/aromatic N) is 2. The Morgan fingerprint density at radius 3 is 3.05 bits per heavy atom. The van der Waals surface area contributed by atoms with Crippen LogP contribution in [0.5, 0.6) is 0 Å². The molecule has 1 N–H and O–H groups in total. The summed E-state index contributed by atoms with van der Waals surface area (Å²) >= 11 is 9.34. The molecule has 110 valence electrons. The monoisotopic (exact) mass is 369 g/mol. The number of anilines is 1. The van der Waals surface area contributed by atoms with E-state index in [4.69, 9.17) is 16.0 Å². The highest BCUT2D eigenvalue weighted by atomic mass is 79.9. The standard InChI is InChI=1S/C14H13BrClN3O2/c15-11-4-10(16)6-17-13(11)19-7-9(8-19)5-18-14(20)12-2-1-3-21-12/h1-4,6,9H,5,7-8H2,(H,18,20). The van der Waals surface area contributed by atoms with Gasteiger partial charge in [0.25, 0.3) is 5.91 Å². The number of aromatic nitrogens is 1. The largest absolute Gasteiger partial charge is 0.459 e. The molecule has 1 saturated heterocycles. The molecule has 1 aliphatic rings. The molecule has 2 aromatic heterocycles. The van der Waals surface area contributed by atoms with Gasteiger partial charge < -0.3 is 14.6 Å². The number of hydrogen-bond acceptors (Lipinski definition) is 4. The lowest BCUT2D eigenvalue weighted by atomic mass is 10.00. The van der Waals surface area contributed by atoms with E-state index in [1.807, 2.05) is 6.07 Å². The first kappa shape index (κ1) is 14.4. The maximum absolute atomic E-state index is 11.7. The zero-order valence-electron chi connectivity index (χ0n) is 11.1. The molecular formula is C14H13BrClN3O2. The van der Waals surface area contributed by atoms with Gasteiger partial charge >= 0.3 is 0 Å². The lowest BCUT2D eigenvalue weighted by molar-refractivity contribution is 0.0916. The Morgan fingerprint density at radius 2 is 2.38 bits per heavy atom. The number of rotatable bonds is 4. The van der Waals surface area contributed by atoms with Crippen molar-refractivity contribution in [3.63, 3.8) is 0 Å². The lowest BCUT2D eigenvalue weighted by Crippen LogP contribution is -2.52. The fourth-order valence-corrected chi connectivity index (χ4v) is 3.13. The summed E-state index contributed by atoms with van der Waals surface area (Å²) in [6, 6.07) is 5.18. The van der Waals surface area contributed by atoms with Crippen LogP contribution >= 0.6 is 27.5 Å². The smallest absolute Gasteiger partial charge is 0.286 e. The predicted molar refractivity (Wildman–Crippen MR) is 83.7 cm³/mol. The van der Waals surface area contributed by atoms with Crippen LogP contribution in [0.1, 0.15) is 10.6 Å². The summed E-state index contributed by atoms with van der Waals surface area (Å²) in [6.45, 7) is 2.33. The molecule has 0 unspecified atom stereocenters. The number of carbonyl (C=O) groups excluding carboxylic acids is 1. The number of pyridine rings is 1. The quantitative estimate of drug-likeness (QED) is 0.899. The van der Waals surface area contributed by atoms with Gasteiger partial charge in [0.2, 0.25) is 0 Å². The van der Waals surface area contributed by atoms with Crippen LogP contribution in [0.25, 0.3) is 0 Å². The fraction of sp³-hybridized carbons (Fsp3) is 0.286. The maximum atomic E-state index is 11.7. The van der Waals surface area contributed by atoms with Gasteiger partial charge in [-0.25, -0.2) is 4.98 Å². The third kappa shape index (κ3) is 3.22. The summed E-state index contributed by atoms with van der Waals surface area (Å²) < 4.78 is 5.93. The molecule has 0 saturated carbocycles. The van der Waals surface area contributed by atoms with E-state index < -0.39 is 0 Å². The van der Waals surface area contributed by atoms with Crippen molar-refractivity contribution in [1.29, 1.82) is 0 Å². The highest BCUT2D eigenvalue weighted by Gasteiger charge is 2.29. The van der Waals surface area contributed by atoms with Crippen molar-refractivity contribution >= 4 is 39.3 Å². The number of furan rings is 1. The summed E-state index contributed by atoms with van der Waals surface area (Å²) in [5, 5.41) is 3.48. The minimum Gasteiger partial charge on any atom is -0.459 e. The van der Waals surface area contributed by atoms with Crippen molar-refractivity contribution in [2.24, 2.45) is 5.92 Å². The van der Waals surface area contributed by atoms with Gasteiger partial charge in [-0.1, -0.05) is 11.6 Å². The Morgan fingerprint density at radius 1 is 1.57 bits per heavy atom. The summed E-state index contributed by atoms with van der Waals surface area (Å²) in [5.74, 6) is 1.46. The van der Waals surface area contributed by atoms with Crippen molar-refractivity contribution < 1.29 is 9.21 Å². The molecule has 1 fully saturated rings. The molecule has 7 heteroatoms. The zero-order chi connectivity index (χ0) is 14.8. The molecule has 1 amide bonds. The van der Waals surface area contributed by atoms with Crippen molar-refractivity contribution in [1.82, 2.24) is 10.3 Å². The van der Waals surface area contributed by atoms with Gasteiger partial charge in [-0.05, 0) is 34.1 Å². The fourth-order valence-electron chi connectivity index (χ4n) is 2.24. The molecule has 0 aromatic carbocycles. The van der Waals surface area contributed by atoms with E-state index in [2.05, 4.69) is 31.1 Å². The number of amides is 1. The lowest BCUT2D eigenvalue weighted by Gasteiger charge is -2.40. The van der Waals surface area contributed by atoms with Crippen LogP contribution < -0.4 is 10.2 Å². The van der Waals surface area contributed by atoms with Gasteiger partial charge in [0.05, 0.1) is 15.8 Å². The Bertz CT molecular complexity index is 642. The van der Waals surface area contributed by atoms with Crippen LogP contribution in [0.4, 0.5) is 5.82 Å². The van der Waals surface area contributed by atoms with Crippen LogP contribution in [-0.2, 0) is 0 Å². The van der Waals surface area contributed by atoms with E-state index in [-0.39, 0.29) is 5.91 Å². The summed E-state index contributed by atoms with van der Waals surface area (Å²) in [4.78, 5) is 18.2. The van der Waals surface area contributed by atoms with Gasteiger partial charge in [-0.15, -0.1) is 0 Å². The van der Waals surface area contributed by atoms with E-state index in [0.29, 0.717) is 23.2 Å². The molecular weight excluding hydrogens is 358 g/mol. The molecule has 2 aromatic rings. The number of carbonyl (C=O) groups is 1. The highest BCUT2D eigenvalue weighted by Crippen LogP contribution is 2.31. The number of hydrogen-bond donors (Lipinski definition) is 1. The first-order valence-electron chi connectivity index (χ1n) is 6.51. The molecule has 21 heavy (non-hydrogen) atoms. The number of nitrogens with one attached hydrogen (secondary N) is 1. The maximum Gasteiger partial charge on any atom is 0.286 e. The molecule has 1 aliphatic heterocycles. The average Bonchev–Trinajstić information content (AvgIpc) is 2.92. The third-order valence-electron chi connectivity index (χ3n) is 3.34. The topological polar surface area (TPSA) is 58.4 Å². The minimum atomic E-state index is -0.177. The molecule has 0 radical (unpaired) electrons. The highest BCUT2D eigenvalue weighted by molar-refractivity contribution is 9.10. The second-order valence-corrected chi connectivity index (χ2v) is 6.21. The Kier molecular flexibility index (Phi) is 4.17. The Labute approximate surface area is 135 Å². The summed E-state index contributed by atoms with van der Waals surface area (Å²) in [7, 11) is 0. The van der Waals surface area contributed by atoms with E-state index in [1.165, 1.54) is 6.26 Å². The van der Waals surface area contributed by atoms with Gasteiger partial charge in [0.1, 0.15) is 5.82 Å². The first-order chi connectivity index (χ1) is 10.1. The molecule has 3 rings (SSSR count). The molecule has 0 aliphatic carbocycles. The van der Waals surface area contributed by atoms with Crippen LogP contribution in [0.15, 0.2) is 39.5 Å². The minimum absolute atomic E-state index is 0.177. The van der Waals surface area contributed by atoms with Crippen LogP contribution in [-0.4, -0.2) is 30.5 Å². The van der Waals surface area contributed by atoms with Crippen LogP contribution in [0, 0.1) is 5.92 Å². The van der Waals surface area contributed by atoms with Crippen molar-refractivity contribution in [3.8, 4) is 0 Å². The summed E-state index contributed by atoms with van der Waals surface area (Å²) in [6.07, 6.45) is 3.12. The Balaban J connectivity index is 1.49. The average molecular weight is 371 g/mol. The van der Waals surface area contributed by atoms with E-state index in [0.717, 1.165) is 23.4 Å². The number of halogens is 2. The van der Waals surface area contributed by atoms with Crippen molar-refractivity contribution in [2.45, 2.75) is 0 Å². The molecule has 5 nitrogen and oxygen atoms in total. The normalized spacial score (nSPS) is 14.9. The van der Waals surface area contributed by atoms with E-state index in [1.54, 1.807) is 18.3 Å². The van der Waals surface area contributed by atoms with Crippen LogP contribution in [0.2, 0.25) is 5.02 Å². The van der Waals surface area contributed by atoms with Gasteiger partial charge in [0, 0.05) is 31.7 Å². The van der Waals surface area contributed by atoms with Crippen molar-refractivity contribution in [2.75, 3.05) is 24.5 Å². The first-order valence-corrected chi connectivity index (χ1v) is 7.68. The van der Waals surface area contributed by atoms with E-state index >= 15 is 0 Å². The SMILES string of the molecule is O=C(NCC1CN(c2ncc(Cl)cc2Br)C1)c1ccco1. The van der Waals surface area contributed by atoms with Gasteiger partial charge in [-0.2, -0.15) is 0 Å². The van der Waals surface area contributed by atoms with Gasteiger partial charge in [0.15, 0.2) is 5.76 Å². The predicted octanol–water partition coefficient (Wildman–Crippen LogP) is 2.96. The zero-order valence-corrected chi connectivity index (χ0v) is 13.4. The molecule has 0 spiro atoms. The van der Waals surface area contributed by atoms with Gasteiger partial charge in [-0.3, -0.25) is 4.79 Å². The second-order valence-electron chi connectivity index (χ2n) is 4.92. The summed E-state index contributed by atoms with van der Waals surface area (Å²) in [5.41, 5.74) is 0. The van der Waals surface area contributed by atoms with Crippen molar-refractivity contribution in [3.05, 3.63) is 45.9 Å². The third-order valence-corrected chi connectivity index (χ3v) is 4.13. The second kappa shape index (κ2) is 6.07.